The first-order valence-electron chi connectivity index (χ1n) is 3.22. The fourth-order valence-electron chi connectivity index (χ4n) is 1.86. The molecule has 0 amide bonds. The average molecular weight is 113 g/mol. The maximum Gasteiger partial charge on any atom is 0.0547 e. The summed E-state index contributed by atoms with van der Waals surface area (Å²) >= 11 is 0. The van der Waals surface area contributed by atoms with E-state index in [0.29, 0.717) is 17.9 Å². The van der Waals surface area contributed by atoms with Crippen LogP contribution in [0, 0.1) is 11.8 Å². The van der Waals surface area contributed by atoms with Crippen molar-refractivity contribution in [2.75, 3.05) is 0 Å². The van der Waals surface area contributed by atoms with Gasteiger partial charge in [0.25, 0.3) is 0 Å². The van der Waals surface area contributed by atoms with Crippen LogP contribution in [0.3, 0.4) is 0 Å². The van der Waals surface area contributed by atoms with E-state index < -0.39 is 0 Å². The first-order chi connectivity index (χ1) is 3.79. The molecule has 2 rings (SSSR count). The first kappa shape index (κ1) is 4.77. The molecule has 2 unspecified atom stereocenters. The van der Waals surface area contributed by atoms with Crippen molar-refractivity contribution in [2.45, 2.75) is 25.0 Å². The van der Waals surface area contributed by atoms with Crippen molar-refractivity contribution in [1.82, 2.24) is 0 Å². The van der Waals surface area contributed by atoms with Gasteiger partial charge < -0.3 is 10.8 Å². The van der Waals surface area contributed by atoms with Crippen LogP contribution in [0.2, 0.25) is 0 Å². The Labute approximate surface area is 48.7 Å². The van der Waals surface area contributed by atoms with E-state index >= 15 is 0 Å². The first-order valence-corrected chi connectivity index (χ1v) is 3.22. The predicted octanol–water partition coefficient (Wildman–Crippen LogP) is -0.286. The van der Waals surface area contributed by atoms with Gasteiger partial charge in [-0.3, -0.25) is 0 Å². The Balaban J connectivity index is 2.00. The highest BCUT2D eigenvalue weighted by Gasteiger charge is 2.53. The monoisotopic (exact) mass is 113 g/mol. The number of nitrogens with two attached hydrogens (primary N) is 1. The van der Waals surface area contributed by atoms with Gasteiger partial charge in [-0.15, -0.1) is 0 Å². The lowest BCUT2D eigenvalue weighted by atomic mass is 10.2. The zero-order valence-corrected chi connectivity index (χ0v) is 4.75. The number of fused-ring (bicyclic) bond motifs is 1. The van der Waals surface area contributed by atoms with Gasteiger partial charge >= 0.3 is 0 Å². The molecular weight excluding hydrogens is 102 g/mol. The molecule has 2 nitrogen and oxygen atoms in total. The SMILES string of the molecule is NC1[C@H]2CC(O)C[C@@H]12. The molecule has 0 aliphatic heterocycles. The van der Waals surface area contributed by atoms with E-state index in [1.165, 1.54) is 0 Å². The zero-order valence-electron chi connectivity index (χ0n) is 4.75. The summed E-state index contributed by atoms with van der Waals surface area (Å²) in [5.41, 5.74) is 5.62. The van der Waals surface area contributed by atoms with Gasteiger partial charge in [0, 0.05) is 6.04 Å². The molecule has 0 bridgehead atoms. The highest BCUT2D eigenvalue weighted by atomic mass is 16.3. The summed E-state index contributed by atoms with van der Waals surface area (Å²) in [6.45, 7) is 0. The molecule has 4 atom stereocenters. The van der Waals surface area contributed by atoms with Crippen molar-refractivity contribution in [1.29, 1.82) is 0 Å². The Kier molecular flexibility index (Phi) is 0.746. The molecule has 8 heavy (non-hydrogen) atoms. The fourth-order valence-corrected chi connectivity index (χ4v) is 1.86. The molecule has 0 radical (unpaired) electrons. The maximum absolute atomic E-state index is 8.99. The van der Waals surface area contributed by atoms with E-state index in [4.69, 9.17) is 10.8 Å². The Morgan fingerprint density at radius 1 is 1.25 bits per heavy atom. The summed E-state index contributed by atoms with van der Waals surface area (Å²) < 4.78 is 0. The lowest BCUT2D eigenvalue weighted by molar-refractivity contribution is 0.165. The van der Waals surface area contributed by atoms with Crippen molar-refractivity contribution in [3.63, 3.8) is 0 Å². The third-order valence-corrected chi connectivity index (χ3v) is 2.49. The molecule has 0 aromatic carbocycles. The van der Waals surface area contributed by atoms with Crippen LogP contribution in [0.25, 0.3) is 0 Å². The summed E-state index contributed by atoms with van der Waals surface area (Å²) in [4.78, 5) is 0. The Hall–Kier alpha value is -0.0800. The Morgan fingerprint density at radius 2 is 1.75 bits per heavy atom. The van der Waals surface area contributed by atoms with Gasteiger partial charge in [-0.25, -0.2) is 0 Å². The highest BCUT2D eigenvalue weighted by Crippen LogP contribution is 2.50. The molecule has 0 spiro atoms. The summed E-state index contributed by atoms with van der Waals surface area (Å²) in [6.07, 6.45) is 1.90. The maximum atomic E-state index is 8.99. The van der Waals surface area contributed by atoms with Crippen LogP contribution in [-0.4, -0.2) is 17.3 Å². The number of aliphatic hydroxyl groups excluding tert-OH is 1. The van der Waals surface area contributed by atoms with Crippen molar-refractivity contribution in [3.05, 3.63) is 0 Å². The predicted molar refractivity (Wildman–Crippen MR) is 30.2 cm³/mol. The van der Waals surface area contributed by atoms with Gasteiger partial charge in [0.1, 0.15) is 0 Å². The lowest BCUT2D eigenvalue weighted by Gasteiger charge is -2.02. The van der Waals surface area contributed by atoms with E-state index in [1.807, 2.05) is 0 Å². The molecule has 2 saturated carbocycles. The molecule has 2 heteroatoms. The van der Waals surface area contributed by atoms with E-state index in [0.717, 1.165) is 12.8 Å². The third-order valence-electron chi connectivity index (χ3n) is 2.49. The molecule has 2 aliphatic rings. The highest BCUT2D eigenvalue weighted by molar-refractivity contribution is 5.07. The minimum absolute atomic E-state index is 0.0233. The molecule has 3 N–H and O–H groups in total. The van der Waals surface area contributed by atoms with E-state index in [1.54, 1.807) is 0 Å². The molecule has 46 valence electrons. The van der Waals surface area contributed by atoms with Gasteiger partial charge in [-0.05, 0) is 24.7 Å². The zero-order chi connectivity index (χ0) is 5.72. The van der Waals surface area contributed by atoms with E-state index in [2.05, 4.69) is 0 Å². The van der Waals surface area contributed by atoms with Crippen molar-refractivity contribution in [2.24, 2.45) is 17.6 Å². The van der Waals surface area contributed by atoms with Crippen molar-refractivity contribution < 1.29 is 5.11 Å². The van der Waals surface area contributed by atoms with Gasteiger partial charge in [0.15, 0.2) is 0 Å². The van der Waals surface area contributed by atoms with E-state index in [-0.39, 0.29) is 6.10 Å². The molecular formula is C6H11NO. The van der Waals surface area contributed by atoms with Crippen LogP contribution >= 0.6 is 0 Å². The second-order valence-electron chi connectivity index (χ2n) is 3.03. The van der Waals surface area contributed by atoms with Gasteiger partial charge in [0.2, 0.25) is 0 Å². The largest absolute Gasteiger partial charge is 0.393 e. The number of hydrogen-bond acceptors (Lipinski definition) is 2. The van der Waals surface area contributed by atoms with Crippen LogP contribution in [-0.2, 0) is 0 Å². The van der Waals surface area contributed by atoms with Crippen molar-refractivity contribution in [3.8, 4) is 0 Å². The van der Waals surface area contributed by atoms with Gasteiger partial charge in [-0.1, -0.05) is 0 Å². The molecule has 0 aromatic heterocycles. The lowest BCUT2D eigenvalue weighted by Crippen LogP contribution is -2.13. The average Bonchev–Trinajstić information content (AvgIpc) is 2.29. The van der Waals surface area contributed by atoms with Gasteiger partial charge in [0.05, 0.1) is 6.10 Å². The second kappa shape index (κ2) is 1.25. The quantitative estimate of drug-likeness (QED) is 0.453. The number of aliphatic hydroxyl groups is 1. The number of hydrogen-bond donors (Lipinski definition) is 2. The minimum Gasteiger partial charge on any atom is -0.393 e. The van der Waals surface area contributed by atoms with Crippen LogP contribution in [0.4, 0.5) is 0 Å². The van der Waals surface area contributed by atoms with Crippen LogP contribution < -0.4 is 5.73 Å². The van der Waals surface area contributed by atoms with Crippen LogP contribution in [0.15, 0.2) is 0 Å². The van der Waals surface area contributed by atoms with Crippen molar-refractivity contribution >= 4 is 0 Å². The topological polar surface area (TPSA) is 46.2 Å². The normalized spacial score (nSPS) is 60.8. The summed E-state index contributed by atoms with van der Waals surface area (Å²) in [6, 6.07) is 0.443. The molecule has 0 aromatic rings. The Bertz CT molecular complexity index is 103. The minimum atomic E-state index is -0.0233. The van der Waals surface area contributed by atoms with Crippen LogP contribution in [0.5, 0.6) is 0 Å². The van der Waals surface area contributed by atoms with E-state index in [9.17, 15) is 0 Å². The third kappa shape index (κ3) is 0.446. The summed E-state index contributed by atoms with van der Waals surface area (Å²) in [5, 5.41) is 8.99. The second-order valence-corrected chi connectivity index (χ2v) is 3.03. The number of rotatable bonds is 0. The molecule has 2 aliphatic carbocycles. The summed E-state index contributed by atoms with van der Waals surface area (Å²) in [7, 11) is 0. The summed E-state index contributed by atoms with van der Waals surface area (Å²) in [5.74, 6) is 1.37. The molecule has 0 heterocycles. The molecule has 2 fully saturated rings. The Morgan fingerprint density at radius 3 is 2.12 bits per heavy atom. The molecule has 0 saturated heterocycles. The standard InChI is InChI=1S/C6H11NO/c7-6-4-1-3(8)2-5(4)6/h3-6,8H,1-2,7H2/t3?,4-,5+,6?. The fraction of sp³-hybridized carbons (Fsp3) is 1.00. The smallest absolute Gasteiger partial charge is 0.0547 e. The van der Waals surface area contributed by atoms with Crippen LogP contribution in [0.1, 0.15) is 12.8 Å². The van der Waals surface area contributed by atoms with Gasteiger partial charge in [-0.2, -0.15) is 0 Å².